The van der Waals surface area contributed by atoms with Gasteiger partial charge in [0.25, 0.3) is 0 Å². The van der Waals surface area contributed by atoms with Crippen molar-refractivity contribution in [3.8, 4) is 0 Å². The van der Waals surface area contributed by atoms with Gasteiger partial charge in [-0.3, -0.25) is 0 Å². The van der Waals surface area contributed by atoms with Crippen LogP contribution in [0.3, 0.4) is 0 Å². The van der Waals surface area contributed by atoms with Crippen molar-refractivity contribution in [2.75, 3.05) is 5.32 Å². The molecule has 0 bridgehead atoms. The third kappa shape index (κ3) is 2.84. The average molecular weight is 229 g/mol. The number of rotatable bonds is 3. The fraction of sp³-hybridized carbons (Fsp3) is 0.200. The Morgan fingerprint density at radius 1 is 1.06 bits per heavy atom. The first-order chi connectivity index (χ1) is 8.16. The van der Waals surface area contributed by atoms with E-state index in [1.807, 2.05) is 25.1 Å². The summed E-state index contributed by atoms with van der Waals surface area (Å²) in [6.07, 6.45) is 0. The molecule has 0 aliphatic heterocycles. The van der Waals surface area contributed by atoms with Crippen LogP contribution < -0.4 is 5.32 Å². The minimum atomic E-state index is -0.196. The predicted octanol–water partition coefficient (Wildman–Crippen LogP) is 4.05. The van der Waals surface area contributed by atoms with Crippen LogP contribution in [0.1, 0.15) is 16.7 Å². The van der Waals surface area contributed by atoms with Crippen molar-refractivity contribution in [3.05, 3.63) is 65.0 Å². The van der Waals surface area contributed by atoms with Gasteiger partial charge in [0.2, 0.25) is 0 Å². The van der Waals surface area contributed by atoms with Crippen LogP contribution in [0.5, 0.6) is 0 Å². The quantitative estimate of drug-likeness (QED) is 0.837. The molecule has 0 unspecified atom stereocenters. The van der Waals surface area contributed by atoms with Crippen molar-refractivity contribution in [2.24, 2.45) is 0 Å². The Balaban J connectivity index is 2.10. The van der Waals surface area contributed by atoms with E-state index in [1.165, 1.54) is 11.1 Å². The second-order valence-electron chi connectivity index (χ2n) is 4.26. The van der Waals surface area contributed by atoms with Crippen LogP contribution in [-0.4, -0.2) is 0 Å². The second-order valence-corrected chi connectivity index (χ2v) is 4.26. The van der Waals surface area contributed by atoms with Gasteiger partial charge in [-0.25, -0.2) is 4.39 Å². The van der Waals surface area contributed by atoms with Crippen molar-refractivity contribution in [3.63, 3.8) is 0 Å². The Morgan fingerprint density at radius 3 is 2.53 bits per heavy atom. The van der Waals surface area contributed by atoms with Gasteiger partial charge >= 0.3 is 0 Å². The summed E-state index contributed by atoms with van der Waals surface area (Å²) in [6.45, 7) is 4.59. The highest BCUT2D eigenvalue weighted by Gasteiger charge is 2.02. The van der Waals surface area contributed by atoms with E-state index in [9.17, 15) is 4.39 Å². The van der Waals surface area contributed by atoms with Crippen LogP contribution in [-0.2, 0) is 6.54 Å². The first-order valence-corrected chi connectivity index (χ1v) is 5.71. The fourth-order valence-corrected chi connectivity index (χ4v) is 1.76. The molecule has 0 radical (unpaired) electrons. The minimum Gasteiger partial charge on any atom is -0.379 e. The predicted molar refractivity (Wildman–Crippen MR) is 69.6 cm³/mol. The molecule has 0 spiro atoms. The molecule has 0 aliphatic carbocycles. The molecule has 2 heteroatoms. The average Bonchev–Trinajstić information content (AvgIpc) is 2.30. The lowest BCUT2D eigenvalue weighted by Gasteiger charge is -2.10. The lowest BCUT2D eigenvalue weighted by molar-refractivity contribution is 0.629. The summed E-state index contributed by atoms with van der Waals surface area (Å²) in [6, 6.07) is 13.3. The third-order valence-corrected chi connectivity index (χ3v) is 2.86. The number of benzene rings is 2. The summed E-state index contributed by atoms with van der Waals surface area (Å²) >= 11 is 0. The van der Waals surface area contributed by atoms with Gasteiger partial charge in [0, 0.05) is 6.54 Å². The lowest BCUT2D eigenvalue weighted by Crippen LogP contribution is -2.02. The molecule has 0 atom stereocenters. The Hall–Kier alpha value is -1.83. The number of aryl methyl sites for hydroxylation is 2. The summed E-state index contributed by atoms with van der Waals surface area (Å²) in [4.78, 5) is 0. The van der Waals surface area contributed by atoms with Crippen LogP contribution in [0, 0.1) is 19.7 Å². The molecule has 2 aromatic rings. The zero-order chi connectivity index (χ0) is 12.3. The lowest BCUT2D eigenvalue weighted by atomic mass is 10.1. The SMILES string of the molecule is Cc1ccc(NCc2ccccc2C)c(F)c1. The number of hydrogen-bond acceptors (Lipinski definition) is 1. The van der Waals surface area contributed by atoms with Gasteiger partial charge < -0.3 is 5.32 Å². The van der Waals surface area contributed by atoms with E-state index in [2.05, 4.69) is 24.4 Å². The third-order valence-electron chi connectivity index (χ3n) is 2.86. The van der Waals surface area contributed by atoms with Crippen LogP contribution in [0.4, 0.5) is 10.1 Å². The Morgan fingerprint density at radius 2 is 1.82 bits per heavy atom. The summed E-state index contributed by atoms with van der Waals surface area (Å²) in [7, 11) is 0. The maximum absolute atomic E-state index is 13.6. The Labute approximate surface area is 101 Å². The Kier molecular flexibility index (Phi) is 3.43. The van der Waals surface area contributed by atoms with Crippen LogP contribution >= 0.6 is 0 Å². The van der Waals surface area contributed by atoms with E-state index in [4.69, 9.17) is 0 Å². The van der Waals surface area contributed by atoms with Gasteiger partial charge in [-0.2, -0.15) is 0 Å². The molecule has 0 fully saturated rings. The molecule has 0 amide bonds. The summed E-state index contributed by atoms with van der Waals surface area (Å²) in [5, 5.41) is 3.12. The summed E-state index contributed by atoms with van der Waals surface area (Å²) in [5.41, 5.74) is 3.89. The van der Waals surface area contributed by atoms with Crippen LogP contribution in [0.2, 0.25) is 0 Å². The highest BCUT2D eigenvalue weighted by molar-refractivity contribution is 5.47. The molecule has 0 aromatic heterocycles. The minimum absolute atomic E-state index is 0.196. The van der Waals surface area contributed by atoms with Gasteiger partial charge in [-0.15, -0.1) is 0 Å². The maximum atomic E-state index is 13.6. The molecule has 17 heavy (non-hydrogen) atoms. The van der Waals surface area contributed by atoms with Gasteiger partial charge in [-0.1, -0.05) is 30.3 Å². The molecule has 2 aromatic carbocycles. The zero-order valence-electron chi connectivity index (χ0n) is 10.1. The molecule has 1 N–H and O–H groups in total. The van der Waals surface area contributed by atoms with E-state index in [1.54, 1.807) is 12.1 Å². The Bertz CT molecular complexity index is 520. The molecule has 1 nitrogen and oxygen atoms in total. The molecule has 0 saturated carbocycles. The number of hydrogen-bond donors (Lipinski definition) is 1. The van der Waals surface area contributed by atoms with Gasteiger partial charge in [0.05, 0.1) is 5.69 Å². The monoisotopic (exact) mass is 229 g/mol. The fourth-order valence-electron chi connectivity index (χ4n) is 1.76. The highest BCUT2D eigenvalue weighted by atomic mass is 19.1. The maximum Gasteiger partial charge on any atom is 0.146 e. The standard InChI is InChI=1S/C15H16FN/c1-11-7-8-15(14(16)9-11)17-10-13-6-4-3-5-12(13)2/h3-9,17H,10H2,1-2H3. The summed E-state index contributed by atoms with van der Waals surface area (Å²) < 4.78 is 13.6. The molecule has 88 valence electrons. The van der Waals surface area contributed by atoms with Crippen molar-refractivity contribution in [1.82, 2.24) is 0 Å². The molecule has 2 rings (SSSR count). The van der Waals surface area contributed by atoms with Gasteiger partial charge in [-0.05, 0) is 42.7 Å². The van der Waals surface area contributed by atoms with Crippen molar-refractivity contribution in [2.45, 2.75) is 20.4 Å². The van der Waals surface area contributed by atoms with E-state index in [0.717, 1.165) is 5.56 Å². The van der Waals surface area contributed by atoms with E-state index < -0.39 is 0 Å². The largest absolute Gasteiger partial charge is 0.379 e. The van der Waals surface area contributed by atoms with Crippen LogP contribution in [0.15, 0.2) is 42.5 Å². The normalized spacial score (nSPS) is 10.3. The topological polar surface area (TPSA) is 12.0 Å². The summed E-state index contributed by atoms with van der Waals surface area (Å²) in [5.74, 6) is -0.196. The second kappa shape index (κ2) is 5.00. The first kappa shape index (κ1) is 11.6. The zero-order valence-corrected chi connectivity index (χ0v) is 10.1. The van der Waals surface area contributed by atoms with Crippen molar-refractivity contribution >= 4 is 5.69 Å². The van der Waals surface area contributed by atoms with Crippen molar-refractivity contribution in [1.29, 1.82) is 0 Å². The molecule has 0 heterocycles. The van der Waals surface area contributed by atoms with Gasteiger partial charge in [0.1, 0.15) is 5.82 Å². The number of halogens is 1. The molecule has 0 saturated heterocycles. The van der Waals surface area contributed by atoms with E-state index in [0.29, 0.717) is 12.2 Å². The van der Waals surface area contributed by atoms with Crippen molar-refractivity contribution < 1.29 is 4.39 Å². The number of anilines is 1. The number of nitrogens with one attached hydrogen (secondary N) is 1. The van der Waals surface area contributed by atoms with E-state index >= 15 is 0 Å². The van der Waals surface area contributed by atoms with E-state index in [-0.39, 0.29) is 5.82 Å². The molecule has 0 aliphatic rings. The highest BCUT2D eigenvalue weighted by Crippen LogP contribution is 2.17. The van der Waals surface area contributed by atoms with Gasteiger partial charge in [0.15, 0.2) is 0 Å². The van der Waals surface area contributed by atoms with Crippen LogP contribution in [0.25, 0.3) is 0 Å². The first-order valence-electron chi connectivity index (χ1n) is 5.71. The molecular formula is C15H16FN. The smallest absolute Gasteiger partial charge is 0.146 e. The molecular weight excluding hydrogens is 213 g/mol.